The van der Waals surface area contributed by atoms with Crippen LogP contribution in [0.2, 0.25) is 0 Å². The second-order valence-corrected chi connectivity index (χ2v) is 5.13. The van der Waals surface area contributed by atoms with Crippen LogP contribution in [-0.4, -0.2) is 0 Å². The quantitative estimate of drug-likeness (QED) is 0.674. The van der Waals surface area contributed by atoms with E-state index in [0.29, 0.717) is 0 Å². The topological polar surface area (TPSA) is 0 Å². The summed E-state index contributed by atoms with van der Waals surface area (Å²) in [4.78, 5) is 0. The molecule has 0 heteroatoms. The molecule has 0 amide bonds. The van der Waals surface area contributed by atoms with Gasteiger partial charge in [-0.25, -0.2) is 0 Å². The van der Waals surface area contributed by atoms with Crippen LogP contribution in [0.3, 0.4) is 0 Å². The molecule has 0 aromatic heterocycles. The molecule has 1 aliphatic carbocycles. The second-order valence-electron chi connectivity index (χ2n) is 5.13. The minimum absolute atomic E-state index is 0.841. The van der Waals surface area contributed by atoms with Gasteiger partial charge < -0.3 is 0 Å². The Morgan fingerprint density at radius 2 is 2.06 bits per heavy atom. The molecule has 1 saturated carbocycles. The van der Waals surface area contributed by atoms with Gasteiger partial charge in [0.2, 0.25) is 0 Å². The van der Waals surface area contributed by atoms with Gasteiger partial charge in [-0.3, -0.25) is 0 Å². The van der Waals surface area contributed by atoms with E-state index in [2.05, 4.69) is 39.5 Å². The number of aryl methyl sites for hydroxylation is 2. The van der Waals surface area contributed by atoms with Gasteiger partial charge in [-0.1, -0.05) is 37.6 Å². The monoisotopic (exact) mass is 214 g/mol. The highest BCUT2D eigenvalue weighted by atomic mass is 14.3. The van der Waals surface area contributed by atoms with Gasteiger partial charge in [0.25, 0.3) is 0 Å². The molecular weight excluding hydrogens is 192 g/mol. The number of allylic oxidation sites excluding steroid dienone is 1. The number of rotatable bonds is 3. The molecular formula is C16H22. The van der Waals surface area contributed by atoms with Gasteiger partial charge in [0.1, 0.15) is 0 Å². The van der Waals surface area contributed by atoms with Crippen LogP contribution in [0.15, 0.2) is 18.7 Å². The molecule has 1 fully saturated rings. The van der Waals surface area contributed by atoms with Crippen LogP contribution in [0, 0.1) is 6.92 Å². The molecule has 2 rings (SSSR count). The normalized spacial score (nSPS) is 15.9. The molecule has 0 nitrogen and oxygen atoms in total. The molecule has 0 bridgehead atoms. The maximum atomic E-state index is 4.07. The molecule has 0 heterocycles. The zero-order valence-corrected chi connectivity index (χ0v) is 10.8. The number of hydrogen-bond donors (Lipinski definition) is 0. The Hall–Kier alpha value is -1.04. The highest BCUT2D eigenvalue weighted by molar-refractivity contribution is 5.66. The van der Waals surface area contributed by atoms with Crippen molar-refractivity contribution in [1.29, 1.82) is 0 Å². The molecule has 1 aromatic rings. The minimum Gasteiger partial charge on any atom is -0.0955 e. The first-order chi connectivity index (χ1) is 7.63. The van der Waals surface area contributed by atoms with Crippen LogP contribution in [0.25, 0.3) is 5.57 Å². The summed E-state index contributed by atoms with van der Waals surface area (Å²) in [6.07, 6.45) is 5.33. The van der Waals surface area contributed by atoms with Crippen molar-refractivity contribution >= 4 is 5.57 Å². The summed E-state index contributed by atoms with van der Waals surface area (Å²) in [5, 5.41) is 0. The lowest BCUT2D eigenvalue weighted by Crippen LogP contribution is -2.12. The molecule has 16 heavy (non-hydrogen) atoms. The van der Waals surface area contributed by atoms with E-state index in [1.165, 1.54) is 41.5 Å². The summed E-state index contributed by atoms with van der Waals surface area (Å²) < 4.78 is 0. The highest BCUT2D eigenvalue weighted by Gasteiger charge is 2.22. The smallest absolute Gasteiger partial charge is 0.0159 e. The first-order valence-corrected chi connectivity index (χ1v) is 6.42. The largest absolute Gasteiger partial charge is 0.0955 e. The number of benzene rings is 1. The molecule has 0 saturated heterocycles. The molecule has 0 aliphatic heterocycles. The van der Waals surface area contributed by atoms with Crippen LogP contribution in [0.1, 0.15) is 61.3 Å². The minimum atomic E-state index is 0.841. The summed E-state index contributed by atoms with van der Waals surface area (Å²) in [7, 11) is 0. The van der Waals surface area contributed by atoms with Crippen molar-refractivity contribution in [2.75, 3.05) is 0 Å². The Kier molecular flexibility index (Phi) is 3.18. The molecule has 0 spiro atoms. The first kappa shape index (κ1) is 11.4. The SMILES string of the molecule is C=C(C)c1cc(CC)c(C2CCC2)cc1C. The third-order valence-corrected chi connectivity index (χ3v) is 3.87. The molecule has 1 aliphatic rings. The summed E-state index contributed by atoms with van der Waals surface area (Å²) in [6.45, 7) is 10.6. The molecule has 0 radical (unpaired) electrons. The Labute approximate surface area is 99.4 Å². The lowest BCUT2D eigenvalue weighted by Gasteiger charge is -2.29. The zero-order chi connectivity index (χ0) is 11.7. The fraction of sp³-hybridized carbons (Fsp3) is 0.500. The Morgan fingerprint density at radius 1 is 1.38 bits per heavy atom. The van der Waals surface area contributed by atoms with Crippen LogP contribution in [-0.2, 0) is 6.42 Å². The van der Waals surface area contributed by atoms with Gasteiger partial charge in [0.15, 0.2) is 0 Å². The van der Waals surface area contributed by atoms with E-state index in [9.17, 15) is 0 Å². The van der Waals surface area contributed by atoms with Gasteiger partial charge >= 0.3 is 0 Å². The third-order valence-electron chi connectivity index (χ3n) is 3.87. The summed E-state index contributed by atoms with van der Waals surface area (Å²) in [5.74, 6) is 0.841. The summed E-state index contributed by atoms with van der Waals surface area (Å²) in [6, 6.07) is 4.78. The molecule has 86 valence electrons. The van der Waals surface area contributed by atoms with Gasteiger partial charge in [-0.2, -0.15) is 0 Å². The van der Waals surface area contributed by atoms with E-state index in [1.54, 1.807) is 5.56 Å². The van der Waals surface area contributed by atoms with E-state index >= 15 is 0 Å². The van der Waals surface area contributed by atoms with Gasteiger partial charge in [-0.05, 0) is 61.3 Å². The van der Waals surface area contributed by atoms with Gasteiger partial charge in [-0.15, -0.1) is 0 Å². The third kappa shape index (κ3) is 1.93. The first-order valence-electron chi connectivity index (χ1n) is 6.42. The lowest BCUT2D eigenvalue weighted by molar-refractivity contribution is 0.417. The van der Waals surface area contributed by atoms with E-state index in [0.717, 1.165) is 12.3 Å². The Balaban J connectivity index is 2.45. The standard InChI is InChI=1S/C16H22/c1-5-13-10-15(11(2)3)12(4)9-16(13)14-7-6-8-14/h9-10,14H,2,5-8H2,1,3-4H3. The fourth-order valence-corrected chi connectivity index (χ4v) is 2.64. The van der Waals surface area contributed by atoms with E-state index in [-0.39, 0.29) is 0 Å². The van der Waals surface area contributed by atoms with Crippen molar-refractivity contribution in [2.24, 2.45) is 0 Å². The van der Waals surface area contributed by atoms with Crippen LogP contribution >= 0.6 is 0 Å². The number of hydrogen-bond acceptors (Lipinski definition) is 0. The van der Waals surface area contributed by atoms with E-state index in [4.69, 9.17) is 0 Å². The van der Waals surface area contributed by atoms with E-state index in [1.807, 2.05) is 0 Å². The molecule has 0 atom stereocenters. The average Bonchev–Trinajstić information content (AvgIpc) is 2.14. The molecule has 1 aromatic carbocycles. The van der Waals surface area contributed by atoms with E-state index < -0.39 is 0 Å². The van der Waals surface area contributed by atoms with Crippen LogP contribution < -0.4 is 0 Å². The fourth-order valence-electron chi connectivity index (χ4n) is 2.64. The van der Waals surface area contributed by atoms with Gasteiger partial charge in [0, 0.05) is 0 Å². The van der Waals surface area contributed by atoms with Crippen LogP contribution in [0.4, 0.5) is 0 Å². The highest BCUT2D eigenvalue weighted by Crippen LogP contribution is 2.39. The maximum absolute atomic E-state index is 4.07. The van der Waals surface area contributed by atoms with Crippen molar-refractivity contribution in [3.05, 3.63) is 41.0 Å². The average molecular weight is 214 g/mol. The predicted molar refractivity (Wildman–Crippen MR) is 71.9 cm³/mol. The Bertz CT molecular complexity index is 408. The molecule has 0 unspecified atom stereocenters. The Morgan fingerprint density at radius 3 is 2.50 bits per heavy atom. The summed E-state index contributed by atoms with van der Waals surface area (Å²) in [5.41, 5.74) is 7.07. The second kappa shape index (κ2) is 4.45. The van der Waals surface area contributed by atoms with Crippen molar-refractivity contribution in [2.45, 2.75) is 52.4 Å². The van der Waals surface area contributed by atoms with Crippen molar-refractivity contribution in [1.82, 2.24) is 0 Å². The lowest BCUT2D eigenvalue weighted by atomic mass is 9.76. The predicted octanol–water partition coefficient (Wildman–Crippen LogP) is 4.86. The molecule has 0 N–H and O–H groups in total. The maximum Gasteiger partial charge on any atom is -0.0159 e. The van der Waals surface area contributed by atoms with Crippen molar-refractivity contribution < 1.29 is 0 Å². The van der Waals surface area contributed by atoms with Crippen molar-refractivity contribution in [3.8, 4) is 0 Å². The van der Waals surface area contributed by atoms with Crippen molar-refractivity contribution in [3.63, 3.8) is 0 Å². The zero-order valence-electron chi connectivity index (χ0n) is 10.8. The summed E-state index contributed by atoms with van der Waals surface area (Å²) >= 11 is 0. The van der Waals surface area contributed by atoms with Gasteiger partial charge in [0.05, 0.1) is 0 Å². The van der Waals surface area contributed by atoms with Crippen LogP contribution in [0.5, 0.6) is 0 Å².